The summed E-state index contributed by atoms with van der Waals surface area (Å²) in [4.78, 5) is 11.9. The number of rotatable bonds is 6. The molecule has 0 unspecified atom stereocenters. The fourth-order valence-corrected chi connectivity index (χ4v) is 3.57. The van der Waals surface area contributed by atoms with E-state index in [1.165, 1.54) is 0 Å². The lowest BCUT2D eigenvalue weighted by Crippen LogP contribution is -2.24. The van der Waals surface area contributed by atoms with E-state index in [0.717, 1.165) is 11.1 Å². The zero-order valence-electron chi connectivity index (χ0n) is 14.0. The van der Waals surface area contributed by atoms with Gasteiger partial charge in [0, 0.05) is 6.54 Å². The van der Waals surface area contributed by atoms with Crippen LogP contribution in [0.1, 0.15) is 34.0 Å². The fourth-order valence-electron chi connectivity index (χ4n) is 2.33. The lowest BCUT2D eigenvalue weighted by atomic mass is 10.1. The molecule has 128 valence electrons. The number of hydrogen-bond acceptors (Lipinski definition) is 4. The van der Waals surface area contributed by atoms with Crippen LogP contribution in [0.15, 0.2) is 47.4 Å². The van der Waals surface area contributed by atoms with E-state index in [9.17, 15) is 13.2 Å². The highest BCUT2D eigenvalue weighted by molar-refractivity contribution is 7.89. The number of esters is 1. The van der Waals surface area contributed by atoms with Gasteiger partial charge in [0.25, 0.3) is 0 Å². The van der Waals surface area contributed by atoms with E-state index >= 15 is 0 Å². The van der Waals surface area contributed by atoms with E-state index in [-0.39, 0.29) is 17.4 Å². The van der Waals surface area contributed by atoms with Crippen molar-refractivity contribution in [3.63, 3.8) is 0 Å². The molecule has 0 atom stereocenters. The minimum atomic E-state index is -3.58. The molecule has 2 aromatic rings. The molecule has 0 aliphatic rings. The van der Waals surface area contributed by atoms with Gasteiger partial charge in [0.2, 0.25) is 10.0 Å². The van der Waals surface area contributed by atoms with Gasteiger partial charge >= 0.3 is 5.97 Å². The largest absolute Gasteiger partial charge is 0.462 e. The van der Waals surface area contributed by atoms with Crippen molar-refractivity contribution < 1.29 is 17.9 Å². The molecule has 6 heteroatoms. The molecule has 1 N–H and O–H groups in total. The van der Waals surface area contributed by atoms with Crippen LogP contribution < -0.4 is 4.72 Å². The molecule has 5 nitrogen and oxygen atoms in total. The van der Waals surface area contributed by atoms with Crippen LogP contribution in [0.5, 0.6) is 0 Å². The molecule has 2 rings (SSSR count). The number of benzene rings is 2. The number of nitrogens with one attached hydrogen (secondary N) is 1. The van der Waals surface area contributed by atoms with E-state index in [2.05, 4.69) is 4.72 Å². The summed E-state index contributed by atoms with van der Waals surface area (Å²) in [5.41, 5.74) is 2.93. The molecule has 2 aromatic carbocycles. The van der Waals surface area contributed by atoms with Crippen molar-refractivity contribution in [3.05, 3.63) is 64.7 Å². The molecule has 0 heterocycles. The molecule has 24 heavy (non-hydrogen) atoms. The highest BCUT2D eigenvalue weighted by Gasteiger charge is 2.16. The average molecular weight is 347 g/mol. The Morgan fingerprint density at radius 1 is 1.08 bits per heavy atom. The summed E-state index contributed by atoms with van der Waals surface area (Å²) >= 11 is 0. The van der Waals surface area contributed by atoms with E-state index in [4.69, 9.17) is 4.74 Å². The minimum Gasteiger partial charge on any atom is -0.462 e. The maximum absolute atomic E-state index is 12.4. The number of carbonyl (C=O) groups excluding carboxylic acids is 1. The molecule has 0 radical (unpaired) electrons. The highest BCUT2D eigenvalue weighted by atomic mass is 32.2. The van der Waals surface area contributed by atoms with E-state index in [1.54, 1.807) is 50.2 Å². The van der Waals surface area contributed by atoms with Crippen molar-refractivity contribution in [2.45, 2.75) is 32.2 Å². The van der Waals surface area contributed by atoms with E-state index < -0.39 is 10.0 Å². The lowest BCUT2D eigenvalue weighted by Gasteiger charge is -2.10. The molecule has 0 aliphatic carbocycles. The Labute approximate surface area is 142 Å². The Balaban J connectivity index is 2.08. The van der Waals surface area contributed by atoms with Gasteiger partial charge in [0.1, 0.15) is 0 Å². The van der Waals surface area contributed by atoms with Gasteiger partial charge in [-0.3, -0.25) is 0 Å². The maximum Gasteiger partial charge on any atom is 0.338 e. The summed E-state index contributed by atoms with van der Waals surface area (Å²) in [6, 6.07) is 11.9. The highest BCUT2D eigenvalue weighted by Crippen LogP contribution is 2.17. The van der Waals surface area contributed by atoms with Crippen LogP contribution in [-0.4, -0.2) is 21.0 Å². The summed E-state index contributed by atoms with van der Waals surface area (Å²) in [6.07, 6.45) is 0. The van der Waals surface area contributed by atoms with Crippen LogP contribution in [0.2, 0.25) is 0 Å². The third kappa shape index (κ3) is 4.43. The van der Waals surface area contributed by atoms with E-state index in [1.807, 2.05) is 13.0 Å². The molecule has 0 saturated carbocycles. The second-order valence-corrected chi connectivity index (χ2v) is 7.25. The SMILES string of the molecule is CCOC(=O)c1ccc(CNS(=O)(=O)c2ccc(C)cc2C)cc1. The Kier molecular flexibility index (Phi) is 5.75. The molecule has 0 saturated heterocycles. The Morgan fingerprint density at radius 3 is 2.33 bits per heavy atom. The Hall–Kier alpha value is -2.18. The van der Waals surface area contributed by atoms with Crippen LogP contribution in [0, 0.1) is 13.8 Å². The van der Waals surface area contributed by atoms with Crippen molar-refractivity contribution in [2.75, 3.05) is 6.61 Å². The molecule has 0 bridgehead atoms. The summed E-state index contributed by atoms with van der Waals surface area (Å²) in [5.74, 6) is -0.389. The third-order valence-electron chi connectivity index (χ3n) is 3.55. The van der Waals surface area contributed by atoms with Gasteiger partial charge in [-0.05, 0) is 50.1 Å². The smallest absolute Gasteiger partial charge is 0.338 e. The molecular formula is C18H21NO4S. The van der Waals surface area contributed by atoms with Gasteiger partial charge in [0.05, 0.1) is 17.1 Å². The normalized spacial score (nSPS) is 11.3. The second kappa shape index (κ2) is 7.59. The maximum atomic E-state index is 12.4. The Morgan fingerprint density at radius 2 is 1.75 bits per heavy atom. The van der Waals surface area contributed by atoms with Crippen LogP contribution in [0.3, 0.4) is 0 Å². The monoisotopic (exact) mass is 347 g/mol. The van der Waals surface area contributed by atoms with Crippen molar-refractivity contribution in [3.8, 4) is 0 Å². The van der Waals surface area contributed by atoms with Crippen LogP contribution in [0.25, 0.3) is 0 Å². The standard InChI is InChI=1S/C18H21NO4S/c1-4-23-18(20)16-8-6-15(7-9-16)12-19-24(21,22)17-10-5-13(2)11-14(17)3/h5-11,19H,4,12H2,1-3H3. The van der Waals surface area contributed by atoms with Gasteiger partial charge in [0.15, 0.2) is 0 Å². The van der Waals surface area contributed by atoms with Crippen molar-refractivity contribution in [2.24, 2.45) is 0 Å². The molecule has 0 aliphatic heterocycles. The third-order valence-corrected chi connectivity index (χ3v) is 5.11. The Bertz CT molecular complexity index is 827. The quantitative estimate of drug-likeness (QED) is 0.816. The van der Waals surface area contributed by atoms with Crippen LogP contribution in [-0.2, 0) is 21.3 Å². The van der Waals surface area contributed by atoms with Crippen LogP contribution >= 0.6 is 0 Å². The first kappa shape index (κ1) is 18.2. The molecule has 0 spiro atoms. The summed E-state index contributed by atoms with van der Waals surface area (Å²) in [6.45, 7) is 5.90. The first-order chi connectivity index (χ1) is 11.3. The van der Waals surface area contributed by atoms with Gasteiger partial charge < -0.3 is 4.74 Å². The fraction of sp³-hybridized carbons (Fsp3) is 0.278. The van der Waals surface area contributed by atoms with Gasteiger partial charge in [-0.25, -0.2) is 17.9 Å². The van der Waals surface area contributed by atoms with Crippen molar-refractivity contribution >= 4 is 16.0 Å². The number of hydrogen-bond donors (Lipinski definition) is 1. The lowest BCUT2D eigenvalue weighted by molar-refractivity contribution is 0.0526. The predicted molar refractivity (Wildman–Crippen MR) is 92.3 cm³/mol. The minimum absolute atomic E-state index is 0.152. The topological polar surface area (TPSA) is 72.5 Å². The first-order valence-electron chi connectivity index (χ1n) is 7.66. The predicted octanol–water partition coefficient (Wildman–Crippen LogP) is 2.96. The molecule has 0 fully saturated rings. The zero-order valence-corrected chi connectivity index (χ0v) is 14.8. The first-order valence-corrected chi connectivity index (χ1v) is 9.15. The molecular weight excluding hydrogens is 326 g/mol. The number of sulfonamides is 1. The van der Waals surface area contributed by atoms with Crippen molar-refractivity contribution in [1.82, 2.24) is 4.72 Å². The van der Waals surface area contributed by atoms with E-state index in [0.29, 0.717) is 17.7 Å². The van der Waals surface area contributed by atoms with Crippen LogP contribution in [0.4, 0.5) is 0 Å². The average Bonchev–Trinajstić information content (AvgIpc) is 2.53. The van der Waals surface area contributed by atoms with Gasteiger partial charge in [-0.15, -0.1) is 0 Å². The number of carbonyl (C=O) groups is 1. The summed E-state index contributed by atoms with van der Waals surface area (Å²) in [7, 11) is -3.58. The van der Waals surface area contributed by atoms with Crippen molar-refractivity contribution in [1.29, 1.82) is 0 Å². The zero-order chi connectivity index (χ0) is 17.7. The number of ether oxygens (including phenoxy) is 1. The number of aryl methyl sites for hydroxylation is 2. The van der Waals surface area contributed by atoms with Gasteiger partial charge in [-0.1, -0.05) is 29.8 Å². The van der Waals surface area contributed by atoms with Gasteiger partial charge in [-0.2, -0.15) is 0 Å². The second-order valence-electron chi connectivity index (χ2n) is 5.51. The summed E-state index contributed by atoms with van der Waals surface area (Å²) < 4.78 is 32.3. The molecule has 0 aromatic heterocycles. The molecule has 0 amide bonds. The summed E-state index contributed by atoms with van der Waals surface area (Å²) in [5, 5.41) is 0.